The van der Waals surface area contributed by atoms with Gasteiger partial charge in [-0.1, -0.05) is 17.3 Å². The molecule has 0 saturated carbocycles. The Morgan fingerprint density at radius 3 is 2.65 bits per heavy atom. The number of sulfonamides is 1. The molecule has 1 aliphatic rings. The van der Waals surface area contributed by atoms with Crippen molar-refractivity contribution in [3.05, 3.63) is 53.0 Å². The van der Waals surface area contributed by atoms with Gasteiger partial charge in [-0.3, -0.25) is 4.79 Å². The Morgan fingerprint density at radius 2 is 2.00 bits per heavy atom. The first-order chi connectivity index (χ1) is 14.8. The Hall–Kier alpha value is -2.63. The van der Waals surface area contributed by atoms with Crippen LogP contribution in [0.2, 0.25) is 0 Å². The lowest BCUT2D eigenvalue weighted by molar-refractivity contribution is -0.126. The maximum atomic E-state index is 13.0. The molecule has 1 aromatic carbocycles. The highest BCUT2D eigenvalue weighted by atomic mass is 32.2. The number of benzene rings is 1. The number of aromatic nitrogens is 2. The fraction of sp³-hybridized carbons (Fsp3) is 0.350. The molecule has 11 heteroatoms. The number of carbonyl (C=O) groups excluding carboxylic acids is 1. The molecule has 0 unspecified atom stereocenters. The summed E-state index contributed by atoms with van der Waals surface area (Å²) >= 11 is 1.11. The number of rotatable bonds is 6. The molecule has 0 aliphatic carbocycles. The van der Waals surface area contributed by atoms with Crippen LogP contribution < -0.4 is 5.32 Å². The van der Waals surface area contributed by atoms with E-state index in [2.05, 4.69) is 15.5 Å². The van der Waals surface area contributed by atoms with Crippen molar-refractivity contribution in [2.24, 2.45) is 5.92 Å². The molecular formula is C20H21FN4O4S2. The molecule has 0 spiro atoms. The summed E-state index contributed by atoms with van der Waals surface area (Å²) in [6, 6.07) is 7.49. The third-order valence-electron chi connectivity index (χ3n) is 5.16. The zero-order valence-corrected chi connectivity index (χ0v) is 18.4. The minimum Gasteiger partial charge on any atom is -0.352 e. The van der Waals surface area contributed by atoms with E-state index in [1.165, 1.54) is 16.4 Å². The average molecular weight is 465 g/mol. The molecule has 4 rings (SSSR count). The maximum absolute atomic E-state index is 13.0. The molecule has 3 heterocycles. The fourth-order valence-electron chi connectivity index (χ4n) is 3.41. The number of nitrogens with one attached hydrogen (secondary N) is 1. The lowest BCUT2D eigenvalue weighted by Crippen LogP contribution is -2.42. The van der Waals surface area contributed by atoms with E-state index >= 15 is 0 Å². The number of aryl methyl sites for hydroxylation is 1. The van der Waals surface area contributed by atoms with Crippen LogP contribution in [-0.2, 0) is 21.4 Å². The Kier molecular flexibility index (Phi) is 6.17. The fourth-order valence-corrected chi connectivity index (χ4v) is 6.19. The second-order valence-electron chi connectivity index (χ2n) is 7.31. The Bertz CT molecular complexity index is 1170. The van der Waals surface area contributed by atoms with Gasteiger partial charge < -0.3 is 9.84 Å². The highest BCUT2D eigenvalue weighted by Crippen LogP contribution is 2.31. The predicted octanol–water partition coefficient (Wildman–Crippen LogP) is 2.96. The molecule has 3 aromatic rings. The van der Waals surface area contributed by atoms with Gasteiger partial charge in [0.25, 0.3) is 10.0 Å². The van der Waals surface area contributed by atoms with Gasteiger partial charge >= 0.3 is 0 Å². The van der Waals surface area contributed by atoms with Crippen LogP contribution in [0, 0.1) is 18.7 Å². The van der Waals surface area contributed by atoms with Crippen LogP contribution in [-0.4, -0.2) is 41.9 Å². The second-order valence-corrected chi connectivity index (χ2v) is 10.4. The van der Waals surface area contributed by atoms with E-state index in [0.29, 0.717) is 36.7 Å². The Balaban J connectivity index is 1.34. The molecule has 0 atom stereocenters. The molecule has 8 nitrogen and oxygen atoms in total. The van der Waals surface area contributed by atoms with Crippen molar-refractivity contribution in [1.82, 2.24) is 19.8 Å². The van der Waals surface area contributed by atoms with Crippen LogP contribution in [0.1, 0.15) is 24.3 Å². The lowest BCUT2D eigenvalue weighted by Gasteiger charge is -2.30. The van der Waals surface area contributed by atoms with E-state index in [9.17, 15) is 17.6 Å². The van der Waals surface area contributed by atoms with E-state index in [4.69, 9.17) is 4.52 Å². The molecule has 164 valence electrons. The number of hydrogen-bond donors (Lipinski definition) is 1. The van der Waals surface area contributed by atoms with E-state index in [1.807, 2.05) is 0 Å². The molecule has 0 bridgehead atoms. The molecule has 1 aliphatic heterocycles. The number of carbonyl (C=O) groups is 1. The SMILES string of the molecule is Cc1nc(-c2csc(S(=O)(=O)N3CCC(C(=O)NCc4ccc(F)cc4)CC3)c2)no1. The Morgan fingerprint density at radius 1 is 1.29 bits per heavy atom. The third-order valence-corrected chi connectivity index (χ3v) is 8.47. The Labute approximate surface area is 183 Å². The minimum atomic E-state index is -3.65. The van der Waals surface area contributed by atoms with Gasteiger partial charge in [0.1, 0.15) is 10.0 Å². The van der Waals surface area contributed by atoms with Crippen molar-refractivity contribution in [3.63, 3.8) is 0 Å². The second kappa shape index (κ2) is 8.85. The summed E-state index contributed by atoms with van der Waals surface area (Å²) in [7, 11) is -3.65. The zero-order valence-electron chi connectivity index (χ0n) is 16.7. The summed E-state index contributed by atoms with van der Waals surface area (Å²) in [6.07, 6.45) is 0.882. The zero-order chi connectivity index (χ0) is 22.0. The van der Waals surface area contributed by atoms with Crippen molar-refractivity contribution in [3.8, 4) is 11.4 Å². The van der Waals surface area contributed by atoms with Gasteiger partial charge in [0, 0.05) is 43.4 Å². The van der Waals surface area contributed by atoms with Crippen molar-refractivity contribution in [2.45, 2.75) is 30.5 Å². The van der Waals surface area contributed by atoms with Gasteiger partial charge in [0.05, 0.1) is 0 Å². The standard InChI is InChI=1S/C20H21FN4O4S2/c1-13-23-19(24-29-13)16-10-18(30-12-16)31(27,28)25-8-6-15(7-9-25)20(26)22-11-14-2-4-17(21)5-3-14/h2-5,10,12,15H,6-9,11H2,1H3,(H,22,26). The van der Waals surface area contributed by atoms with Gasteiger partial charge in [0.2, 0.25) is 17.6 Å². The summed E-state index contributed by atoms with van der Waals surface area (Å²) < 4.78 is 45.5. The molecule has 1 N–H and O–H groups in total. The molecule has 31 heavy (non-hydrogen) atoms. The first-order valence-corrected chi connectivity index (χ1v) is 12.1. The molecule has 1 saturated heterocycles. The average Bonchev–Trinajstić information content (AvgIpc) is 3.43. The number of hydrogen-bond acceptors (Lipinski definition) is 7. The van der Waals surface area contributed by atoms with Gasteiger partial charge in [-0.25, -0.2) is 12.8 Å². The summed E-state index contributed by atoms with van der Waals surface area (Å²) in [5.74, 6) is 0.0615. The van der Waals surface area contributed by atoms with Gasteiger partial charge in [-0.15, -0.1) is 11.3 Å². The van der Waals surface area contributed by atoms with Gasteiger partial charge in [-0.05, 0) is 36.6 Å². The molecule has 1 amide bonds. The summed E-state index contributed by atoms with van der Waals surface area (Å²) in [5.41, 5.74) is 1.40. The maximum Gasteiger partial charge on any atom is 0.252 e. The highest BCUT2D eigenvalue weighted by Gasteiger charge is 2.33. The van der Waals surface area contributed by atoms with E-state index in [1.54, 1.807) is 30.5 Å². The first-order valence-electron chi connectivity index (χ1n) is 9.74. The summed E-state index contributed by atoms with van der Waals surface area (Å²) in [5, 5.41) is 8.35. The quantitative estimate of drug-likeness (QED) is 0.601. The topological polar surface area (TPSA) is 105 Å². The largest absolute Gasteiger partial charge is 0.352 e. The van der Waals surface area contributed by atoms with E-state index in [0.717, 1.165) is 16.9 Å². The van der Waals surface area contributed by atoms with Crippen LogP contribution in [0.4, 0.5) is 4.39 Å². The lowest BCUT2D eigenvalue weighted by atomic mass is 9.97. The van der Waals surface area contributed by atoms with Crippen LogP contribution in [0.3, 0.4) is 0 Å². The number of thiophene rings is 1. The van der Waals surface area contributed by atoms with Crippen molar-refractivity contribution < 1.29 is 22.1 Å². The molecular weight excluding hydrogens is 443 g/mol. The van der Waals surface area contributed by atoms with Crippen molar-refractivity contribution in [1.29, 1.82) is 0 Å². The van der Waals surface area contributed by atoms with Crippen molar-refractivity contribution in [2.75, 3.05) is 13.1 Å². The summed E-state index contributed by atoms with van der Waals surface area (Å²) in [4.78, 5) is 16.6. The highest BCUT2D eigenvalue weighted by molar-refractivity contribution is 7.91. The van der Waals surface area contributed by atoms with E-state index < -0.39 is 10.0 Å². The summed E-state index contributed by atoms with van der Waals surface area (Å²) in [6.45, 7) is 2.52. The third kappa shape index (κ3) is 4.83. The molecule has 0 radical (unpaired) electrons. The van der Waals surface area contributed by atoms with Gasteiger partial charge in [0.15, 0.2) is 0 Å². The monoisotopic (exact) mass is 464 g/mol. The van der Waals surface area contributed by atoms with E-state index in [-0.39, 0.29) is 34.9 Å². The number of halogens is 1. The van der Waals surface area contributed by atoms with Crippen LogP contribution >= 0.6 is 11.3 Å². The predicted molar refractivity (Wildman–Crippen MR) is 112 cm³/mol. The van der Waals surface area contributed by atoms with Crippen LogP contribution in [0.5, 0.6) is 0 Å². The van der Waals surface area contributed by atoms with Crippen LogP contribution in [0.25, 0.3) is 11.4 Å². The minimum absolute atomic E-state index is 0.118. The molecule has 2 aromatic heterocycles. The van der Waals surface area contributed by atoms with Crippen LogP contribution in [0.15, 0.2) is 44.4 Å². The smallest absolute Gasteiger partial charge is 0.252 e. The first kappa shape index (κ1) is 21.6. The number of nitrogens with zero attached hydrogens (tertiary/aromatic N) is 3. The number of piperidine rings is 1. The molecule has 1 fully saturated rings. The normalized spacial score (nSPS) is 15.8. The van der Waals surface area contributed by atoms with Gasteiger partial charge in [-0.2, -0.15) is 9.29 Å². The number of amides is 1. The van der Waals surface area contributed by atoms with Crippen molar-refractivity contribution >= 4 is 27.3 Å².